The Morgan fingerprint density at radius 1 is 1.10 bits per heavy atom. The Labute approximate surface area is 118 Å². The minimum atomic E-state index is 0.0998. The van der Waals surface area contributed by atoms with Gasteiger partial charge in [-0.25, -0.2) is 0 Å². The Bertz CT molecular complexity index is 769. The van der Waals surface area contributed by atoms with Crippen molar-refractivity contribution in [1.82, 2.24) is 9.30 Å². The average molecular weight is 266 g/mol. The molecule has 0 unspecified atom stereocenters. The number of carbonyl (C=O) groups is 1. The number of amides is 1. The third-order valence-electron chi connectivity index (χ3n) is 3.78. The zero-order chi connectivity index (χ0) is 14.1. The van der Waals surface area contributed by atoms with E-state index >= 15 is 0 Å². The molecule has 0 radical (unpaired) electrons. The van der Waals surface area contributed by atoms with Crippen LogP contribution in [-0.4, -0.2) is 28.3 Å². The van der Waals surface area contributed by atoms with Gasteiger partial charge in [-0.05, 0) is 37.4 Å². The number of aromatic nitrogens is 1. The lowest BCUT2D eigenvalue weighted by atomic mass is 10.2. The lowest BCUT2D eigenvalue weighted by Crippen LogP contribution is -2.30. The molecule has 2 heterocycles. The van der Waals surface area contributed by atoms with Crippen LogP contribution >= 0.6 is 0 Å². The summed E-state index contributed by atoms with van der Waals surface area (Å²) in [5, 5.41) is 1.18. The monoisotopic (exact) mass is 266 g/mol. The first-order valence-electron chi connectivity index (χ1n) is 7.03. The number of carbonyl (C=O) groups excluding carboxylic acids is 1. The van der Waals surface area contributed by atoms with Crippen molar-refractivity contribution < 1.29 is 4.79 Å². The van der Waals surface area contributed by atoms with Crippen LogP contribution in [0.1, 0.15) is 24.2 Å². The predicted molar refractivity (Wildman–Crippen MR) is 82.2 cm³/mol. The summed E-state index contributed by atoms with van der Waals surface area (Å²) in [4.78, 5) is 14.3. The van der Waals surface area contributed by atoms with Gasteiger partial charge < -0.3 is 9.30 Å². The van der Waals surface area contributed by atoms with E-state index in [4.69, 9.17) is 0 Å². The molecule has 20 heavy (non-hydrogen) atoms. The molecule has 0 aliphatic rings. The van der Waals surface area contributed by atoms with Crippen LogP contribution in [0.25, 0.3) is 16.4 Å². The van der Waals surface area contributed by atoms with Gasteiger partial charge in [0.2, 0.25) is 0 Å². The number of fused-ring (bicyclic) bond motifs is 3. The second-order valence-corrected chi connectivity index (χ2v) is 4.89. The smallest absolute Gasteiger partial charge is 0.255 e. The number of nitrogens with zero attached hydrogens (tertiary/aromatic N) is 2. The molecular weight excluding hydrogens is 248 g/mol. The number of benzene rings is 1. The summed E-state index contributed by atoms with van der Waals surface area (Å²) in [7, 11) is 0. The SMILES string of the molecule is CCN(CC)C(=O)c1cc2ccc3ccccc3n2c1. The number of para-hydroxylation sites is 1. The van der Waals surface area contributed by atoms with E-state index in [9.17, 15) is 4.79 Å². The van der Waals surface area contributed by atoms with Gasteiger partial charge in [-0.15, -0.1) is 0 Å². The van der Waals surface area contributed by atoms with Gasteiger partial charge in [0.1, 0.15) is 0 Å². The number of rotatable bonds is 3. The third-order valence-corrected chi connectivity index (χ3v) is 3.78. The predicted octanol–water partition coefficient (Wildman–Crippen LogP) is 3.57. The molecule has 3 rings (SSSR count). The quantitative estimate of drug-likeness (QED) is 0.711. The molecule has 102 valence electrons. The van der Waals surface area contributed by atoms with E-state index in [1.807, 2.05) is 43.1 Å². The van der Waals surface area contributed by atoms with E-state index < -0.39 is 0 Å². The Hall–Kier alpha value is -2.29. The van der Waals surface area contributed by atoms with Gasteiger partial charge in [-0.3, -0.25) is 4.79 Å². The Balaban J connectivity index is 2.15. The van der Waals surface area contributed by atoms with Crippen molar-refractivity contribution >= 4 is 22.3 Å². The maximum absolute atomic E-state index is 12.4. The van der Waals surface area contributed by atoms with E-state index in [0.29, 0.717) is 0 Å². The van der Waals surface area contributed by atoms with Crippen molar-refractivity contribution in [2.45, 2.75) is 13.8 Å². The molecule has 1 aromatic carbocycles. The molecule has 0 fully saturated rings. The molecule has 2 aromatic heterocycles. The standard InChI is InChI=1S/C17H18N2O/c1-3-18(4-2)17(20)14-11-15-10-9-13-7-5-6-8-16(13)19(15)12-14/h5-12H,3-4H2,1-2H3. The van der Waals surface area contributed by atoms with Crippen molar-refractivity contribution in [1.29, 1.82) is 0 Å². The summed E-state index contributed by atoms with van der Waals surface area (Å²) in [5.74, 6) is 0.0998. The first-order valence-corrected chi connectivity index (χ1v) is 7.03. The van der Waals surface area contributed by atoms with Gasteiger partial charge in [0, 0.05) is 24.8 Å². The van der Waals surface area contributed by atoms with Crippen LogP contribution < -0.4 is 0 Å². The van der Waals surface area contributed by atoms with Gasteiger partial charge in [0.05, 0.1) is 11.1 Å². The molecule has 0 N–H and O–H groups in total. The summed E-state index contributed by atoms with van der Waals surface area (Å²) in [6.07, 6.45) is 1.94. The number of hydrogen-bond acceptors (Lipinski definition) is 1. The van der Waals surface area contributed by atoms with E-state index in [2.05, 4.69) is 28.7 Å². The lowest BCUT2D eigenvalue weighted by Gasteiger charge is -2.17. The van der Waals surface area contributed by atoms with Crippen LogP contribution in [0.2, 0.25) is 0 Å². The number of hydrogen-bond donors (Lipinski definition) is 0. The summed E-state index contributed by atoms with van der Waals surface area (Å²) >= 11 is 0. The Kier molecular flexibility index (Phi) is 3.18. The Morgan fingerprint density at radius 2 is 1.85 bits per heavy atom. The zero-order valence-electron chi connectivity index (χ0n) is 11.8. The van der Waals surface area contributed by atoms with Crippen molar-refractivity contribution in [3.8, 4) is 0 Å². The van der Waals surface area contributed by atoms with Crippen LogP contribution in [0, 0.1) is 0 Å². The molecule has 0 bridgehead atoms. The molecule has 3 aromatic rings. The van der Waals surface area contributed by atoms with Crippen molar-refractivity contribution in [2.24, 2.45) is 0 Å². The van der Waals surface area contributed by atoms with Crippen LogP contribution in [0.15, 0.2) is 48.7 Å². The van der Waals surface area contributed by atoms with E-state index in [-0.39, 0.29) is 5.91 Å². The molecule has 3 nitrogen and oxygen atoms in total. The molecule has 0 saturated heterocycles. The largest absolute Gasteiger partial charge is 0.339 e. The average Bonchev–Trinajstić information content (AvgIpc) is 2.93. The van der Waals surface area contributed by atoms with Crippen LogP contribution in [0.3, 0.4) is 0 Å². The van der Waals surface area contributed by atoms with E-state index in [0.717, 1.165) is 29.7 Å². The normalized spacial score (nSPS) is 11.1. The van der Waals surface area contributed by atoms with Crippen LogP contribution in [0.5, 0.6) is 0 Å². The highest BCUT2D eigenvalue weighted by molar-refractivity contribution is 5.96. The molecule has 0 saturated carbocycles. The zero-order valence-corrected chi connectivity index (χ0v) is 11.8. The van der Waals surface area contributed by atoms with E-state index in [1.165, 1.54) is 5.39 Å². The molecule has 1 amide bonds. The van der Waals surface area contributed by atoms with Gasteiger partial charge >= 0.3 is 0 Å². The maximum atomic E-state index is 12.4. The molecule has 0 aliphatic carbocycles. The minimum Gasteiger partial charge on any atom is -0.339 e. The summed E-state index contributed by atoms with van der Waals surface area (Å²) in [6, 6.07) is 14.3. The van der Waals surface area contributed by atoms with Gasteiger partial charge in [-0.2, -0.15) is 0 Å². The minimum absolute atomic E-state index is 0.0998. The fourth-order valence-electron chi connectivity index (χ4n) is 2.65. The highest BCUT2D eigenvalue weighted by atomic mass is 16.2. The topological polar surface area (TPSA) is 24.7 Å². The van der Waals surface area contributed by atoms with E-state index in [1.54, 1.807) is 0 Å². The highest BCUT2D eigenvalue weighted by Crippen LogP contribution is 2.20. The fraction of sp³-hybridized carbons (Fsp3) is 0.235. The van der Waals surface area contributed by atoms with Gasteiger partial charge in [0.25, 0.3) is 5.91 Å². The fourth-order valence-corrected chi connectivity index (χ4v) is 2.65. The molecule has 0 atom stereocenters. The summed E-state index contributed by atoms with van der Waals surface area (Å²) in [5.41, 5.74) is 2.94. The van der Waals surface area contributed by atoms with Gasteiger partial charge in [0.15, 0.2) is 0 Å². The lowest BCUT2D eigenvalue weighted by molar-refractivity contribution is 0.0773. The molecule has 3 heteroatoms. The first-order chi connectivity index (χ1) is 9.74. The van der Waals surface area contributed by atoms with Crippen molar-refractivity contribution in [2.75, 3.05) is 13.1 Å². The number of pyridine rings is 1. The maximum Gasteiger partial charge on any atom is 0.255 e. The summed E-state index contributed by atoms with van der Waals surface area (Å²) in [6.45, 7) is 5.49. The second kappa shape index (κ2) is 5.00. The second-order valence-electron chi connectivity index (χ2n) is 4.89. The highest BCUT2D eigenvalue weighted by Gasteiger charge is 2.14. The molecular formula is C17H18N2O. The molecule has 0 aliphatic heterocycles. The van der Waals surface area contributed by atoms with Crippen molar-refractivity contribution in [3.05, 3.63) is 54.2 Å². The third kappa shape index (κ3) is 1.95. The van der Waals surface area contributed by atoms with Crippen molar-refractivity contribution in [3.63, 3.8) is 0 Å². The summed E-state index contributed by atoms with van der Waals surface area (Å²) < 4.78 is 2.09. The van der Waals surface area contributed by atoms with Crippen LogP contribution in [-0.2, 0) is 0 Å². The van der Waals surface area contributed by atoms with Gasteiger partial charge in [-0.1, -0.05) is 24.3 Å². The molecule has 0 spiro atoms. The van der Waals surface area contributed by atoms with Crippen LogP contribution in [0.4, 0.5) is 0 Å². The Morgan fingerprint density at radius 3 is 2.60 bits per heavy atom. The first kappa shape index (κ1) is 12.7.